The number of ether oxygens (including phenoxy) is 1. The maximum absolute atomic E-state index is 12.3. The van der Waals surface area contributed by atoms with Gasteiger partial charge >= 0.3 is 18.0 Å². The molecule has 20 heavy (non-hydrogen) atoms. The third-order valence-electron chi connectivity index (χ3n) is 3.95. The molecule has 7 nitrogen and oxygen atoms in total. The molecule has 1 aliphatic heterocycles. The van der Waals surface area contributed by atoms with Crippen molar-refractivity contribution in [1.82, 2.24) is 9.80 Å². The molecule has 2 amide bonds. The zero-order valence-electron chi connectivity index (χ0n) is 12.2. The van der Waals surface area contributed by atoms with E-state index in [1.165, 1.54) is 16.9 Å². The van der Waals surface area contributed by atoms with Crippen LogP contribution in [0.2, 0.25) is 0 Å². The Morgan fingerprint density at radius 3 is 2.40 bits per heavy atom. The second-order valence-electron chi connectivity index (χ2n) is 4.98. The zero-order chi connectivity index (χ0) is 15.3. The predicted octanol–water partition coefficient (Wildman–Crippen LogP) is 0.788. The Hall–Kier alpha value is -1.79. The van der Waals surface area contributed by atoms with E-state index in [4.69, 9.17) is 0 Å². The molecular formula is C13H22N2O5. The number of carbonyl (C=O) groups is 3. The Morgan fingerprint density at radius 1 is 1.35 bits per heavy atom. The highest BCUT2D eigenvalue weighted by Crippen LogP contribution is 2.34. The zero-order valence-corrected chi connectivity index (χ0v) is 12.2. The molecule has 1 rings (SSSR count). The van der Waals surface area contributed by atoms with E-state index in [1.54, 1.807) is 6.92 Å². The van der Waals surface area contributed by atoms with Gasteiger partial charge in [0.2, 0.25) is 0 Å². The molecular weight excluding hydrogens is 264 g/mol. The van der Waals surface area contributed by atoms with Crippen LogP contribution in [0.25, 0.3) is 0 Å². The summed E-state index contributed by atoms with van der Waals surface area (Å²) in [6.07, 6.45) is 0.926. The van der Waals surface area contributed by atoms with Gasteiger partial charge in [-0.3, -0.25) is 9.59 Å². The maximum atomic E-state index is 12.3. The number of urea groups is 1. The second kappa shape index (κ2) is 6.58. The first-order chi connectivity index (χ1) is 9.40. The largest absolute Gasteiger partial charge is 0.481 e. The lowest BCUT2D eigenvalue weighted by Crippen LogP contribution is -2.46. The van der Waals surface area contributed by atoms with E-state index < -0.39 is 17.4 Å². The van der Waals surface area contributed by atoms with Gasteiger partial charge in [-0.05, 0) is 19.8 Å². The summed E-state index contributed by atoms with van der Waals surface area (Å²) in [5.41, 5.74) is -0.861. The second-order valence-corrected chi connectivity index (χ2v) is 4.98. The Labute approximate surface area is 118 Å². The molecule has 0 aromatic carbocycles. The summed E-state index contributed by atoms with van der Waals surface area (Å²) < 4.78 is 4.55. The summed E-state index contributed by atoms with van der Waals surface area (Å²) in [7, 11) is 1.27. The highest BCUT2D eigenvalue weighted by Gasteiger charge is 2.45. The minimum absolute atomic E-state index is 0.117. The lowest BCUT2D eigenvalue weighted by molar-refractivity contribution is -0.148. The van der Waals surface area contributed by atoms with Crippen LogP contribution in [-0.4, -0.2) is 66.2 Å². The highest BCUT2D eigenvalue weighted by molar-refractivity contribution is 5.83. The van der Waals surface area contributed by atoms with E-state index in [0.29, 0.717) is 25.9 Å². The van der Waals surface area contributed by atoms with Crippen molar-refractivity contribution in [3.8, 4) is 0 Å². The van der Waals surface area contributed by atoms with Gasteiger partial charge in [0.1, 0.15) is 6.54 Å². The molecule has 1 fully saturated rings. The Bertz CT molecular complexity index is 398. The number of hydrogen-bond acceptors (Lipinski definition) is 4. The number of carboxylic acid groups (broad SMARTS) is 1. The third-order valence-corrected chi connectivity index (χ3v) is 3.95. The minimum atomic E-state index is -0.869. The van der Waals surface area contributed by atoms with Gasteiger partial charge in [-0.15, -0.1) is 0 Å². The first-order valence-electron chi connectivity index (χ1n) is 6.74. The van der Waals surface area contributed by atoms with Crippen molar-refractivity contribution < 1.29 is 24.2 Å². The van der Waals surface area contributed by atoms with E-state index in [0.717, 1.165) is 0 Å². The van der Waals surface area contributed by atoms with Crippen LogP contribution in [-0.2, 0) is 14.3 Å². The molecule has 1 atom stereocenters. The summed E-state index contributed by atoms with van der Waals surface area (Å²) in [6, 6.07) is -0.311. The van der Waals surface area contributed by atoms with Gasteiger partial charge < -0.3 is 19.6 Å². The van der Waals surface area contributed by atoms with E-state index in [-0.39, 0.29) is 19.1 Å². The van der Waals surface area contributed by atoms with Gasteiger partial charge in [-0.25, -0.2) is 4.79 Å². The van der Waals surface area contributed by atoms with Crippen LogP contribution in [0, 0.1) is 5.41 Å². The van der Waals surface area contributed by atoms with Gasteiger partial charge in [0.05, 0.1) is 12.5 Å². The van der Waals surface area contributed by atoms with Gasteiger partial charge in [0.25, 0.3) is 0 Å². The van der Waals surface area contributed by atoms with Crippen molar-refractivity contribution in [1.29, 1.82) is 0 Å². The summed E-state index contributed by atoms with van der Waals surface area (Å²) >= 11 is 0. The molecule has 1 N–H and O–H groups in total. The van der Waals surface area contributed by atoms with Crippen LogP contribution in [0.15, 0.2) is 0 Å². The summed E-state index contributed by atoms with van der Waals surface area (Å²) in [5, 5.41) is 9.32. The standard InChI is InChI=1S/C13H22N2O5/c1-4-13(11(17)18)6-7-15(9-13)12(19)14(5-2)8-10(16)20-3/h4-9H2,1-3H3,(H,17,18). The SMILES string of the molecule is CCN(CC(=O)OC)C(=O)N1CCC(CC)(C(=O)O)C1. The molecule has 0 spiro atoms. The van der Waals surface area contributed by atoms with E-state index in [2.05, 4.69) is 4.74 Å². The number of carbonyl (C=O) groups excluding carboxylic acids is 2. The highest BCUT2D eigenvalue weighted by atomic mass is 16.5. The van der Waals surface area contributed by atoms with Crippen LogP contribution in [0.5, 0.6) is 0 Å². The summed E-state index contributed by atoms with van der Waals surface area (Å²) in [4.78, 5) is 37.8. The molecule has 0 aromatic heterocycles. The molecule has 1 saturated heterocycles. The fourth-order valence-electron chi connectivity index (χ4n) is 2.39. The molecule has 0 aliphatic carbocycles. The van der Waals surface area contributed by atoms with Crippen molar-refractivity contribution in [2.24, 2.45) is 5.41 Å². The van der Waals surface area contributed by atoms with E-state index in [9.17, 15) is 19.5 Å². The number of carboxylic acids is 1. The molecule has 0 radical (unpaired) electrons. The lowest BCUT2D eigenvalue weighted by Gasteiger charge is -2.28. The average molecular weight is 286 g/mol. The molecule has 1 heterocycles. The monoisotopic (exact) mass is 286 g/mol. The molecule has 1 unspecified atom stereocenters. The number of hydrogen-bond donors (Lipinski definition) is 1. The Kier molecular flexibility index (Phi) is 5.35. The van der Waals surface area contributed by atoms with E-state index in [1.807, 2.05) is 6.92 Å². The first-order valence-corrected chi connectivity index (χ1v) is 6.74. The number of methoxy groups -OCH3 is 1. The normalized spacial score (nSPS) is 21.6. The molecule has 114 valence electrons. The van der Waals surface area contributed by atoms with Crippen LogP contribution < -0.4 is 0 Å². The Morgan fingerprint density at radius 2 is 2.00 bits per heavy atom. The van der Waals surface area contributed by atoms with Crippen molar-refractivity contribution in [2.45, 2.75) is 26.7 Å². The predicted molar refractivity (Wildman–Crippen MR) is 71.2 cm³/mol. The fraction of sp³-hybridized carbons (Fsp3) is 0.769. The number of likely N-dealkylation sites (N-methyl/N-ethyl adjacent to an activating group) is 1. The minimum Gasteiger partial charge on any atom is -0.481 e. The number of esters is 1. The molecule has 0 bridgehead atoms. The van der Waals surface area contributed by atoms with E-state index >= 15 is 0 Å². The topological polar surface area (TPSA) is 87.2 Å². The molecule has 0 aromatic rings. The molecule has 7 heteroatoms. The quantitative estimate of drug-likeness (QED) is 0.755. The summed E-state index contributed by atoms with van der Waals surface area (Å²) in [5.74, 6) is -1.36. The fourth-order valence-corrected chi connectivity index (χ4v) is 2.39. The van der Waals surface area contributed by atoms with Gasteiger partial charge in [-0.1, -0.05) is 6.92 Å². The number of likely N-dealkylation sites (tertiary alicyclic amines) is 1. The van der Waals surface area contributed by atoms with Gasteiger partial charge in [0, 0.05) is 19.6 Å². The van der Waals surface area contributed by atoms with Crippen molar-refractivity contribution in [2.75, 3.05) is 33.3 Å². The van der Waals surface area contributed by atoms with Gasteiger partial charge in [-0.2, -0.15) is 0 Å². The smallest absolute Gasteiger partial charge is 0.325 e. The number of aliphatic carboxylic acids is 1. The maximum Gasteiger partial charge on any atom is 0.325 e. The van der Waals surface area contributed by atoms with Crippen molar-refractivity contribution >= 4 is 18.0 Å². The van der Waals surface area contributed by atoms with Crippen LogP contribution in [0.4, 0.5) is 4.79 Å². The van der Waals surface area contributed by atoms with Crippen LogP contribution in [0.3, 0.4) is 0 Å². The molecule has 1 aliphatic rings. The lowest BCUT2D eigenvalue weighted by atomic mass is 9.84. The Balaban J connectivity index is 2.73. The van der Waals surface area contributed by atoms with Crippen LogP contribution >= 0.6 is 0 Å². The number of nitrogens with zero attached hydrogens (tertiary/aromatic N) is 2. The third kappa shape index (κ3) is 3.20. The van der Waals surface area contributed by atoms with Crippen molar-refractivity contribution in [3.05, 3.63) is 0 Å². The average Bonchev–Trinajstić information content (AvgIpc) is 2.89. The van der Waals surface area contributed by atoms with Crippen LogP contribution in [0.1, 0.15) is 26.7 Å². The van der Waals surface area contributed by atoms with Gasteiger partial charge in [0.15, 0.2) is 0 Å². The van der Waals surface area contributed by atoms with Crippen molar-refractivity contribution in [3.63, 3.8) is 0 Å². The first kappa shape index (κ1) is 16.3. The summed E-state index contributed by atoms with van der Waals surface area (Å²) in [6.45, 7) is 4.42. The molecule has 0 saturated carbocycles. The number of rotatable bonds is 5. The number of amides is 2.